The fraction of sp³-hybridized carbons (Fsp3) is 0.519. The molecular formula is C27H38N2O9S. The maximum atomic E-state index is 12.9. The topological polar surface area (TPSA) is 135 Å². The number of carbonyl (C=O) groups excluding carboxylic acids is 1. The zero-order valence-electron chi connectivity index (χ0n) is 23.1. The highest BCUT2D eigenvalue weighted by atomic mass is 32.3. The number of likely N-dealkylation sites (N-methyl/N-ethyl adjacent to an activating group) is 1. The lowest BCUT2D eigenvalue weighted by Crippen LogP contribution is -2.36. The van der Waals surface area contributed by atoms with Gasteiger partial charge in [-0.05, 0) is 79.4 Å². The van der Waals surface area contributed by atoms with E-state index >= 15 is 0 Å². The van der Waals surface area contributed by atoms with E-state index in [0.29, 0.717) is 18.1 Å². The Morgan fingerprint density at radius 1 is 0.897 bits per heavy atom. The van der Waals surface area contributed by atoms with Crippen LogP contribution in [0.25, 0.3) is 0 Å². The molecule has 2 aromatic carbocycles. The maximum absolute atomic E-state index is 12.9. The molecule has 12 heteroatoms. The third kappa shape index (κ3) is 8.21. The van der Waals surface area contributed by atoms with E-state index < -0.39 is 10.4 Å². The van der Waals surface area contributed by atoms with Crippen molar-refractivity contribution in [3.63, 3.8) is 0 Å². The normalized spacial score (nSPS) is 16.3. The first-order valence-electron chi connectivity index (χ1n) is 12.6. The number of hydrogen-bond acceptors (Lipinski definition) is 8. The molecule has 1 aliphatic heterocycles. The van der Waals surface area contributed by atoms with Crippen molar-refractivity contribution in [1.29, 1.82) is 0 Å². The summed E-state index contributed by atoms with van der Waals surface area (Å²) in [5, 5.41) is 0. The standard InChI is InChI=1S/C27H36N2O5.H2O4S/c1-28(17-21-11-20-14-25(33-4)26(34-5)16-22(20)21)8-6-9-29-10-7-18-12-23(31-2)24(32-3)13-19(18)15-27(29)30;1-5(2,3)4/h12-14,16,21H,6-11,15,17H2,1-5H3;(H2,1,2,3,4)/t21-;/m1./s1. The quantitative estimate of drug-likeness (QED) is 0.413. The number of hydrogen-bond donors (Lipinski definition) is 2. The molecule has 39 heavy (non-hydrogen) atoms. The zero-order chi connectivity index (χ0) is 28.7. The molecule has 11 nitrogen and oxygen atoms in total. The number of methoxy groups -OCH3 is 4. The highest BCUT2D eigenvalue weighted by Crippen LogP contribution is 2.42. The van der Waals surface area contributed by atoms with Crippen LogP contribution in [0.5, 0.6) is 23.0 Å². The minimum atomic E-state index is -4.67. The van der Waals surface area contributed by atoms with E-state index in [0.717, 1.165) is 68.3 Å². The Morgan fingerprint density at radius 2 is 1.41 bits per heavy atom. The molecule has 0 saturated carbocycles. The number of fused-ring (bicyclic) bond motifs is 2. The van der Waals surface area contributed by atoms with Gasteiger partial charge in [-0.15, -0.1) is 0 Å². The smallest absolute Gasteiger partial charge is 0.394 e. The largest absolute Gasteiger partial charge is 0.493 e. The minimum Gasteiger partial charge on any atom is -0.493 e. The molecule has 2 aliphatic rings. The fourth-order valence-electron chi connectivity index (χ4n) is 5.15. The molecule has 0 radical (unpaired) electrons. The van der Waals surface area contributed by atoms with Crippen molar-refractivity contribution in [3.8, 4) is 23.0 Å². The molecule has 2 N–H and O–H groups in total. The van der Waals surface area contributed by atoms with Gasteiger partial charge in [-0.25, -0.2) is 0 Å². The van der Waals surface area contributed by atoms with Gasteiger partial charge in [-0.2, -0.15) is 8.42 Å². The van der Waals surface area contributed by atoms with Crippen LogP contribution in [0.15, 0.2) is 24.3 Å². The van der Waals surface area contributed by atoms with Crippen LogP contribution in [-0.4, -0.2) is 94.9 Å². The van der Waals surface area contributed by atoms with E-state index in [-0.39, 0.29) is 5.91 Å². The molecule has 0 unspecified atom stereocenters. The molecule has 1 amide bonds. The van der Waals surface area contributed by atoms with Gasteiger partial charge in [0.1, 0.15) is 0 Å². The van der Waals surface area contributed by atoms with Crippen molar-refractivity contribution in [2.75, 3.05) is 61.7 Å². The van der Waals surface area contributed by atoms with Gasteiger partial charge < -0.3 is 28.7 Å². The van der Waals surface area contributed by atoms with Crippen LogP contribution >= 0.6 is 0 Å². The van der Waals surface area contributed by atoms with E-state index in [4.69, 9.17) is 36.5 Å². The second-order valence-electron chi connectivity index (χ2n) is 9.65. The average molecular weight is 567 g/mol. The minimum absolute atomic E-state index is 0.183. The molecule has 0 aromatic heterocycles. The molecule has 1 heterocycles. The van der Waals surface area contributed by atoms with Crippen molar-refractivity contribution >= 4 is 16.3 Å². The van der Waals surface area contributed by atoms with Crippen molar-refractivity contribution in [2.24, 2.45) is 0 Å². The van der Waals surface area contributed by atoms with Gasteiger partial charge in [0.05, 0.1) is 34.9 Å². The van der Waals surface area contributed by atoms with Crippen LogP contribution in [0.1, 0.15) is 34.6 Å². The van der Waals surface area contributed by atoms with Crippen LogP contribution in [0.3, 0.4) is 0 Å². The highest BCUT2D eigenvalue weighted by molar-refractivity contribution is 7.79. The summed E-state index contributed by atoms with van der Waals surface area (Å²) in [5.74, 6) is 3.69. The monoisotopic (exact) mass is 566 g/mol. The highest BCUT2D eigenvalue weighted by Gasteiger charge is 2.29. The molecule has 1 atom stereocenters. The third-order valence-electron chi connectivity index (χ3n) is 7.10. The summed E-state index contributed by atoms with van der Waals surface area (Å²) >= 11 is 0. The van der Waals surface area contributed by atoms with Crippen LogP contribution in [0.4, 0.5) is 0 Å². The molecule has 0 saturated heterocycles. The summed E-state index contributed by atoms with van der Waals surface area (Å²) in [6.07, 6.45) is 3.27. The number of benzene rings is 2. The Kier molecular flexibility index (Phi) is 10.4. The Morgan fingerprint density at radius 3 is 1.97 bits per heavy atom. The lowest BCUT2D eigenvalue weighted by molar-refractivity contribution is -0.130. The molecule has 0 fully saturated rings. The van der Waals surface area contributed by atoms with Gasteiger partial charge in [0, 0.05) is 25.6 Å². The average Bonchev–Trinajstić information content (AvgIpc) is 3.02. The first-order valence-corrected chi connectivity index (χ1v) is 14.0. The van der Waals surface area contributed by atoms with E-state index in [2.05, 4.69) is 24.1 Å². The molecule has 0 bridgehead atoms. The first kappa shape index (κ1) is 30.5. The Bertz CT molecular complexity index is 1260. The van der Waals surface area contributed by atoms with Crippen molar-refractivity contribution in [2.45, 2.75) is 31.6 Å². The second-order valence-corrected chi connectivity index (χ2v) is 10.5. The fourth-order valence-corrected chi connectivity index (χ4v) is 5.15. The van der Waals surface area contributed by atoms with Crippen LogP contribution in [0, 0.1) is 0 Å². The summed E-state index contributed by atoms with van der Waals surface area (Å²) in [5.41, 5.74) is 4.91. The Balaban J connectivity index is 0.000000771. The Hall–Kier alpha value is -3.06. The molecule has 2 aromatic rings. The summed E-state index contributed by atoms with van der Waals surface area (Å²) in [4.78, 5) is 17.3. The number of amides is 1. The van der Waals surface area contributed by atoms with E-state index in [9.17, 15) is 4.79 Å². The van der Waals surface area contributed by atoms with Crippen LogP contribution in [-0.2, 0) is 34.5 Å². The summed E-state index contributed by atoms with van der Waals surface area (Å²) in [7, 11) is 4.12. The second kappa shape index (κ2) is 13.3. The molecule has 0 spiro atoms. The molecular weight excluding hydrogens is 528 g/mol. The summed E-state index contributed by atoms with van der Waals surface area (Å²) in [6.45, 7) is 3.47. The lowest BCUT2D eigenvalue weighted by atomic mass is 9.77. The van der Waals surface area contributed by atoms with Crippen LogP contribution in [0.2, 0.25) is 0 Å². The predicted molar refractivity (Wildman–Crippen MR) is 146 cm³/mol. The zero-order valence-corrected chi connectivity index (χ0v) is 23.9. The van der Waals surface area contributed by atoms with Gasteiger partial charge in [-0.1, -0.05) is 0 Å². The molecule has 4 rings (SSSR count). The maximum Gasteiger partial charge on any atom is 0.394 e. The molecule has 216 valence electrons. The lowest BCUT2D eigenvalue weighted by Gasteiger charge is -2.34. The van der Waals surface area contributed by atoms with E-state index in [1.807, 2.05) is 17.0 Å². The number of rotatable bonds is 10. The summed E-state index contributed by atoms with van der Waals surface area (Å²) < 4.78 is 53.3. The van der Waals surface area contributed by atoms with Crippen molar-refractivity contribution in [3.05, 3.63) is 46.5 Å². The van der Waals surface area contributed by atoms with E-state index in [1.165, 1.54) is 16.7 Å². The van der Waals surface area contributed by atoms with Crippen molar-refractivity contribution < 1.29 is 41.3 Å². The number of nitrogens with zero attached hydrogens (tertiary/aromatic N) is 2. The van der Waals surface area contributed by atoms with Gasteiger partial charge in [0.15, 0.2) is 23.0 Å². The van der Waals surface area contributed by atoms with Gasteiger partial charge in [-0.3, -0.25) is 13.9 Å². The number of carbonyl (C=O) groups is 1. The van der Waals surface area contributed by atoms with E-state index in [1.54, 1.807) is 28.4 Å². The first-order chi connectivity index (χ1) is 18.5. The van der Waals surface area contributed by atoms with Gasteiger partial charge in [0.25, 0.3) is 0 Å². The van der Waals surface area contributed by atoms with Gasteiger partial charge >= 0.3 is 10.4 Å². The number of ether oxygens (including phenoxy) is 4. The third-order valence-corrected chi connectivity index (χ3v) is 7.10. The Labute approximate surface area is 230 Å². The predicted octanol–water partition coefficient (Wildman–Crippen LogP) is 2.66. The van der Waals surface area contributed by atoms with Gasteiger partial charge in [0.2, 0.25) is 5.91 Å². The molecule has 1 aliphatic carbocycles. The van der Waals surface area contributed by atoms with Crippen LogP contribution < -0.4 is 18.9 Å². The van der Waals surface area contributed by atoms with Crippen molar-refractivity contribution in [1.82, 2.24) is 9.80 Å². The summed E-state index contributed by atoms with van der Waals surface area (Å²) in [6, 6.07) is 8.18. The SMILES string of the molecule is COc1cc2c(cc1OC)CC(=O)N(CCCN(C)C[C@H]1Cc3cc(OC)c(OC)cc31)CC2.O=S(=O)(O)O.